The van der Waals surface area contributed by atoms with Crippen molar-refractivity contribution in [2.75, 3.05) is 18.9 Å². The number of nitrogens with one attached hydrogen (secondary N) is 1. The van der Waals surface area contributed by atoms with E-state index in [4.69, 9.17) is 5.11 Å². The summed E-state index contributed by atoms with van der Waals surface area (Å²) in [6.07, 6.45) is -7.63. The molecule has 0 fully saturated rings. The number of urea groups is 1. The lowest BCUT2D eigenvalue weighted by Crippen LogP contribution is -2.43. The second-order valence-electron chi connectivity index (χ2n) is 4.39. The molecule has 1 rings (SSSR count). The lowest BCUT2D eigenvalue weighted by molar-refractivity contribution is -0.205. The van der Waals surface area contributed by atoms with E-state index in [-0.39, 0.29) is 5.69 Å². The SMILES string of the molecule is CN(CC(O)C(F)(F)F)C(=O)Nc1ccc(OC(F)F)c(F)c1. The molecule has 1 aromatic carbocycles. The highest BCUT2D eigenvalue weighted by Crippen LogP contribution is 2.23. The quantitative estimate of drug-likeness (QED) is 0.806. The summed E-state index contributed by atoms with van der Waals surface area (Å²) in [5, 5.41) is 10.9. The first-order valence-electron chi connectivity index (χ1n) is 6.02. The molecule has 0 aliphatic carbocycles. The van der Waals surface area contributed by atoms with E-state index >= 15 is 0 Å². The number of alkyl halides is 5. The van der Waals surface area contributed by atoms with E-state index in [0.717, 1.165) is 19.2 Å². The van der Waals surface area contributed by atoms with E-state index < -0.39 is 43.0 Å². The van der Waals surface area contributed by atoms with Gasteiger partial charge in [-0.05, 0) is 12.1 Å². The van der Waals surface area contributed by atoms with Crippen LogP contribution in [0.2, 0.25) is 0 Å². The fraction of sp³-hybridized carbons (Fsp3) is 0.417. The van der Waals surface area contributed by atoms with Crippen LogP contribution in [-0.2, 0) is 0 Å². The Morgan fingerprint density at radius 2 is 2.00 bits per heavy atom. The second-order valence-corrected chi connectivity index (χ2v) is 4.39. The molecule has 1 unspecified atom stereocenters. The maximum atomic E-state index is 13.4. The topological polar surface area (TPSA) is 61.8 Å². The first-order valence-corrected chi connectivity index (χ1v) is 6.02. The number of carbonyl (C=O) groups is 1. The van der Waals surface area contributed by atoms with Crippen LogP contribution in [0.3, 0.4) is 0 Å². The van der Waals surface area contributed by atoms with E-state index in [1.54, 1.807) is 0 Å². The first kappa shape index (κ1) is 18.9. The largest absolute Gasteiger partial charge is 0.432 e. The molecule has 130 valence electrons. The summed E-state index contributed by atoms with van der Waals surface area (Å²) in [5.74, 6) is -1.94. The zero-order valence-corrected chi connectivity index (χ0v) is 11.6. The molecule has 5 nitrogen and oxygen atoms in total. The molecule has 2 amide bonds. The molecule has 0 radical (unpaired) electrons. The van der Waals surface area contributed by atoms with Crippen molar-refractivity contribution in [2.24, 2.45) is 0 Å². The van der Waals surface area contributed by atoms with Crippen molar-refractivity contribution in [3.8, 4) is 5.75 Å². The average molecular weight is 346 g/mol. The monoisotopic (exact) mass is 346 g/mol. The highest BCUT2D eigenvalue weighted by Gasteiger charge is 2.39. The Bertz CT molecular complexity index is 552. The van der Waals surface area contributed by atoms with Crippen LogP contribution in [0.5, 0.6) is 5.75 Å². The smallest absolute Gasteiger partial charge is 0.416 e. The minimum absolute atomic E-state index is 0.192. The fourth-order valence-corrected chi connectivity index (χ4v) is 1.43. The molecule has 0 saturated heterocycles. The molecule has 1 aromatic rings. The standard InChI is InChI=1S/C12H12F6N2O3/c1-20(5-9(21)12(16,17)18)11(22)19-6-2-3-8(7(13)4-6)23-10(14)15/h2-4,9-10,21H,5H2,1H3,(H,19,22). The van der Waals surface area contributed by atoms with Gasteiger partial charge >= 0.3 is 18.8 Å². The van der Waals surface area contributed by atoms with Gasteiger partial charge < -0.3 is 20.1 Å². The Morgan fingerprint density at radius 3 is 2.48 bits per heavy atom. The van der Waals surface area contributed by atoms with Gasteiger partial charge in [0.1, 0.15) is 0 Å². The molecule has 2 N–H and O–H groups in total. The van der Waals surface area contributed by atoms with Gasteiger partial charge in [0.25, 0.3) is 0 Å². The predicted molar refractivity (Wildman–Crippen MR) is 66.7 cm³/mol. The number of benzene rings is 1. The fourth-order valence-electron chi connectivity index (χ4n) is 1.43. The Hall–Kier alpha value is -2.17. The van der Waals surface area contributed by atoms with E-state index in [1.165, 1.54) is 0 Å². The lowest BCUT2D eigenvalue weighted by Gasteiger charge is -2.22. The molecular formula is C12H12F6N2O3. The van der Waals surface area contributed by atoms with Crippen LogP contribution in [0.4, 0.5) is 36.8 Å². The molecule has 0 aliphatic rings. The average Bonchev–Trinajstić information content (AvgIpc) is 2.40. The molecule has 0 spiro atoms. The van der Waals surface area contributed by atoms with Gasteiger partial charge in [0.15, 0.2) is 17.7 Å². The number of anilines is 1. The third kappa shape index (κ3) is 5.85. The van der Waals surface area contributed by atoms with Gasteiger partial charge in [0.05, 0.1) is 6.54 Å². The van der Waals surface area contributed by atoms with E-state index in [0.29, 0.717) is 11.0 Å². The minimum atomic E-state index is -4.89. The van der Waals surface area contributed by atoms with Gasteiger partial charge in [0.2, 0.25) is 0 Å². The van der Waals surface area contributed by atoms with Gasteiger partial charge in [-0.3, -0.25) is 0 Å². The third-order valence-corrected chi connectivity index (χ3v) is 2.57. The van der Waals surface area contributed by atoms with Crippen molar-refractivity contribution in [1.82, 2.24) is 4.90 Å². The van der Waals surface area contributed by atoms with E-state index in [2.05, 4.69) is 4.74 Å². The van der Waals surface area contributed by atoms with Crippen molar-refractivity contribution in [2.45, 2.75) is 18.9 Å². The normalized spacial score (nSPS) is 12.9. The Kier molecular flexibility index (Phi) is 6.07. The van der Waals surface area contributed by atoms with Crippen LogP contribution in [0.25, 0.3) is 0 Å². The maximum Gasteiger partial charge on any atom is 0.416 e. The highest BCUT2D eigenvalue weighted by molar-refractivity contribution is 5.89. The lowest BCUT2D eigenvalue weighted by atomic mass is 10.3. The first-order chi connectivity index (χ1) is 10.5. The summed E-state index contributed by atoms with van der Waals surface area (Å²) in [6.45, 7) is -4.27. The molecule has 0 aliphatic heterocycles. The van der Waals surface area contributed by atoms with Gasteiger partial charge in [-0.2, -0.15) is 22.0 Å². The highest BCUT2D eigenvalue weighted by atomic mass is 19.4. The van der Waals surface area contributed by atoms with Crippen LogP contribution in [-0.4, -0.2) is 48.5 Å². The summed E-state index contributed by atoms with van der Waals surface area (Å²) < 4.78 is 77.7. The summed E-state index contributed by atoms with van der Waals surface area (Å²) in [6, 6.07) is 1.44. The number of hydrogen-bond donors (Lipinski definition) is 2. The molecule has 0 bridgehead atoms. The Balaban J connectivity index is 2.68. The van der Waals surface area contributed by atoms with Crippen molar-refractivity contribution in [1.29, 1.82) is 0 Å². The molecule has 1 atom stereocenters. The number of carbonyl (C=O) groups excluding carboxylic acids is 1. The zero-order valence-electron chi connectivity index (χ0n) is 11.6. The molecule has 0 saturated carbocycles. The van der Waals surface area contributed by atoms with Gasteiger partial charge in [-0.1, -0.05) is 0 Å². The number of aliphatic hydroxyl groups is 1. The van der Waals surface area contributed by atoms with Crippen molar-refractivity contribution >= 4 is 11.7 Å². The number of likely N-dealkylation sites (N-methyl/N-ethyl adjacent to an activating group) is 1. The zero-order chi connectivity index (χ0) is 17.8. The van der Waals surface area contributed by atoms with Crippen LogP contribution >= 0.6 is 0 Å². The second kappa shape index (κ2) is 7.40. The van der Waals surface area contributed by atoms with Crippen LogP contribution in [0.1, 0.15) is 0 Å². The number of nitrogens with zero attached hydrogens (tertiary/aromatic N) is 1. The van der Waals surface area contributed by atoms with Gasteiger partial charge in [0, 0.05) is 18.8 Å². The molecule has 0 heterocycles. The maximum absolute atomic E-state index is 13.4. The Labute approximate surface area is 126 Å². The van der Waals surface area contributed by atoms with Crippen molar-refractivity contribution in [3.05, 3.63) is 24.0 Å². The number of rotatable bonds is 5. The number of aliphatic hydroxyl groups excluding tert-OH is 1. The number of amides is 2. The molecule has 11 heteroatoms. The van der Waals surface area contributed by atoms with Crippen LogP contribution in [0, 0.1) is 5.82 Å². The Morgan fingerprint density at radius 1 is 1.39 bits per heavy atom. The van der Waals surface area contributed by atoms with Crippen LogP contribution < -0.4 is 10.1 Å². The summed E-state index contributed by atoms with van der Waals surface area (Å²) >= 11 is 0. The third-order valence-electron chi connectivity index (χ3n) is 2.57. The molecule has 0 aromatic heterocycles. The van der Waals surface area contributed by atoms with E-state index in [9.17, 15) is 31.1 Å². The minimum Gasteiger partial charge on any atom is -0.432 e. The van der Waals surface area contributed by atoms with Crippen LogP contribution in [0.15, 0.2) is 18.2 Å². The summed E-state index contributed by atoms with van der Waals surface area (Å²) in [4.78, 5) is 12.1. The van der Waals surface area contributed by atoms with Gasteiger partial charge in [-0.25, -0.2) is 9.18 Å². The van der Waals surface area contributed by atoms with Crippen molar-refractivity contribution < 1.29 is 41.0 Å². The van der Waals surface area contributed by atoms with Gasteiger partial charge in [-0.15, -0.1) is 0 Å². The molecule has 23 heavy (non-hydrogen) atoms. The number of hydrogen-bond acceptors (Lipinski definition) is 3. The number of ether oxygens (including phenoxy) is 1. The summed E-state index contributed by atoms with van der Waals surface area (Å²) in [7, 11) is 0.981. The summed E-state index contributed by atoms with van der Waals surface area (Å²) in [5.41, 5.74) is -0.192. The predicted octanol–water partition coefficient (Wildman–Crippen LogP) is 2.81. The van der Waals surface area contributed by atoms with E-state index in [1.807, 2.05) is 5.32 Å². The molecular weight excluding hydrogens is 334 g/mol. The van der Waals surface area contributed by atoms with Crippen molar-refractivity contribution in [3.63, 3.8) is 0 Å². The number of halogens is 6.